The van der Waals surface area contributed by atoms with Crippen LogP contribution in [0, 0.1) is 0 Å². The third kappa shape index (κ3) is 3.70. The fraction of sp³-hybridized carbons (Fsp3) is 0.200. The zero-order valence-corrected chi connectivity index (χ0v) is 11.6. The monoisotopic (exact) mass is 288 g/mol. The highest BCUT2D eigenvalue weighted by Crippen LogP contribution is 2.27. The number of hydrogen-bond acceptors (Lipinski definition) is 5. The smallest absolute Gasteiger partial charge is 0.338 e. The summed E-state index contributed by atoms with van der Waals surface area (Å²) in [6.07, 6.45) is 2.16. The van der Waals surface area contributed by atoms with Gasteiger partial charge in [-0.25, -0.2) is 9.78 Å². The van der Waals surface area contributed by atoms with Gasteiger partial charge in [-0.2, -0.15) is 0 Å². The van der Waals surface area contributed by atoms with Crippen molar-refractivity contribution >= 4 is 11.7 Å². The highest BCUT2D eigenvalue weighted by molar-refractivity contribution is 5.94. The quantitative estimate of drug-likeness (QED) is 0.847. The molecule has 0 bridgehead atoms. The molecular formula is C15H16N2O4. The van der Waals surface area contributed by atoms with Gasteiger partial charge >= 0.3 is 5.97 Å². The van der Waals surface area contributed by atoms with E-state index < -0.39 is 5.97 Å². The minimum atomic E-state index is -1.12. The van der Waals surface area contributed by atoms with Gasteiger partial charge in [0.2, 0.25) is 5.88 Å². The molecule has 0 amide bonds. The summed E-state index contributed by atoms with van der Waals surface area (Å²) in [6, 6.07) is 8.70. The van der Waals surface area contributed by atoms with Gasteiger partial charge in [0.25, 0.3) is 0 Å². The van der Waals surface area contributed by atoms with Crippen LogP contribution in [-0.2, 0) is 11.2 Å². The van der Waals surface area contributed by atoms with Crippen LogP contribution >= 0.6 is 0 Å². The van der Waals surface area contributed by atoms with Crippen LogP contribution in [0.5, 0.6) is 11.6 Å². The van der Waals surface area contributed by atoms with E-state index in [1.165, 1.54) is 12.3 Å². The number of pyridine rings is 1. The first kappa shape index (κ1) is 14.8. The number of aromatic carboxylic acids is 1. The number of aromatic nitrogens is 1. The molecule has 6 heteroatoms. The molecule has 0 unspecified atom stereocenters. The molecule has 3 N–H and O–H groups in total. The molecule has 1 aromatic carbocycles. The van der Waals surface area contributed by atoms with Crippen molar-refractivity contribution in [3.63, 3.8) is 0 Å². The minimum Gasteiger partial charge on any atom is -0.478 e. The van der Waals surface area contributed by atoms with Crippen molar-refractivity contribution in [1.29, 1.82) is 0 Å². The first-order valence-electron chi connectivity index (χ1n) is 6.35. The number of carboxylic acid groups (broad SMARTS) is 1. The normalized spacial score (nSPS) is 10.3. The van der Waals surface area contributed by atoms with Crippen LogP contribution in [0.4, 0.5) is 5.69 Å². The molecule has 1 aromatic heterocycles. The first-order chi connectivity index (χ1) is 10.1. The van der Waals surface area contributed by atoms with E-state index in [-0.39, 0.29) is 17.1 Å². The number of anilines is 1. The number of hydrogen-bond donors (Lipinski definition) is 2. The van der Waals surface area contributed by atoms with Gasteiger partial charge in [-0.3, -0.25) is 0 Å². The standard InChI is InChI=1S/C15H16N2O4/c1-20-9-7-10-2-4-11(5-3-10)21-14-13(16)12(15(18)19)6-8-17-14/h2-6,8H,7,9,16H2,1H3,(H,18,19). The zero-order valence-electron chi connectivity index (χ0n) is 11.6. The third-order valence-electron chi connectivity index (χ3n) is 2.92. The zero-order chi connectivity index (χ0) is 15.2. The Labute approximate surface area is 122 Å². The van der Waals surface area contributed by atoms with Gasteiger partial charge in [-0.1, -0.05) is 12.1 Å². The molecule has 0 aliphatic rings. The Morgan fingerprint density at radius 3 is 2.62 bits per heavy atom. The van der Waals surface area contributed by atoms with Crippen LogP contribution in [0.2, 0.25) is 0 Å². The van der Waals surface area contributed by atoms with Gasteiger partial charge in [-0.15, -0.1) is 0 Å². The summed E-state index contributed by atoms with van der Waals surface area (Å²) < 4.78 is 10.5. The fourth-order valence-corrected chi connectivity index (χ4v) is 1.78. The predicted molar refractivity (Wildman–Crippen MR) is 77.7 cm³/mol. The summed E-state index contributed by atoms with van der Waals surface area (Å²) in [5.74, 6) is -0.493. The van der Waals surface area contributed by atoms with Gasteiger partial charge in [0.1, 0.15) is 11.4 Å². The molecule has 0 fully saturated rings. The molecule has 21 heavy (non-hydrogen) atoms. The molecule has 0 spiro atoms. The van der Waals surface area contributed by atoms with Crippen LogP contribution in [0.1, 0.15) is 15.9 Å². The number of rotatable bonds is 6. The maximum absolute atomic E-state index is 11.0. The summed E-state index contributed by atoms with van der Waals surface area (Å²) in [6.45, 7) is 0.648. The average molecular weight is 288 g/mol. The highest BCUT2D eigenvalue weighted by atomic mass is 16.5. The van der Waals surface area contributed by atoms with E-state index in [1.807, 2.05) is 12.1 Å². The number of nitrogens with zero attached hydrogens (tertiary/aromatic N) is 1. The Morgan fingerprint density at radius 2 is 2.00 bits per heavy atom. The summed E-state index contributed by atoms with van der Waals surface area (Å²) in [5.41, 5.74) is 6.84. The second-order valence-corrected chi connectivity index (χ2v) is 4.37. The van der Waals surface area contributed by atoms with Crippen LogP contribution in [0.25, 0.3) is 0 Å². The Kier molecular flexibility index (Phi) is 4.73. The minimum absolute atomic E-state index is 0.00783. The Hall–Kier alpha value is -2.60. The lowest BCUT2D eigenvalue weighted by Crippen LogP contribution is -2.05. The summed E-state index contributed by atoms with van der Waals surface area (Å²) in [4.78, 5) is 15.0. The van der Waals surface area contributed by atoms with Crippen molar-refractivity contribution in [3.05, 3.63) is 47.7 Å². The molecule has 6 nitrogen and oxygen atoms in total. The van der Waals surface area contributed by atoms with Crippen LogP contribution in [0.3, 0.4) is 0 Å². The molecule has 0 saturated heterocycles. The summed E-state index contributed by atoms with van der Waals surface area (Å²) in [5, 5.41) is 9.00. The Bertz CT molecular complexity index is 626. The van der Waals surface area contributed by atoms with Crippen molar-refractivity contribution in [1.82, 2.24) is 4.98 Å². The third-order valence-corrected chi connectivity index (χ3v) is 2.92. The van der Waals surface area contributed by atoms with Crippen molar-refractivity contribution in [3.8, 4) is 11.6 Å². The number of nitrogens with two attached hydrogens (primary N) is 1. The lowest BCUT2D eigenvalue weighted by Gasteiger charge is -2.09. The molecule has 1 heterocycles. The summed E-state index contributed by atoms with van der Waals surface area (Å²) in [7, 11) is 1.65. The number of carbonyl (C=O) groups is 1. The van der Waals surface area contributed by atoms with E-state index in [0.29, 0.717) is 12.4 Å². The van der Waals surface area contributed by atoms with Gasteiger partial charge in [0, 0.05) is 13.3 Å². The van der Waals surface area contributed by atoms with Gasteiger partial charge < -0.3 is 20.3 Å². The van der Waals surface area contributed by atoms with E-state index in [0.717, 1.165) is 12.0 Å². The van der Waals surface area contributed by atoms with Crippen molar-refractivity contribution < 1.29 is 19.4 Å². The maximum atomic E-state index is 11.0. The SMILES string of the molecule is COCCc1ccc(Oc2nccc(C(=O)O)c2N)cc1. The van der Waals surface area contributed by atoms with E-state index in [9.17, 15) is 4.79 Å². The maximum Gasteiger partial charge on any atom is 0.338 e. The molecule has 0 atom stereocenters. The number of benzene rings is 1. The van der Waals surface area contributed by atoms with Crippen molar-refractivity contribution in [2.75, 3.05) is 19.5 Å². The predicted octanol–water partition coefficient (Wildman–Crippen LogP) is 2.34. The molecule has 110 valence electrons. The molecule has 2 aromatic rings. The lowest BCUT2D eigenvalue weighted by atomic mass is 10.1. The molecule has 0 saturated carbocycles. The molecule has 0 aliphatic carbocycles. The van der Waals surface area contributed by atoms with E-state index in [4.69, 9.17) is 20.3 Å². The lowest BCUT2D eigenvalue weighted by molar-refractivity contribution is 0.0697. The number of carboxylic acids is 1. The number of nitrogen functional groups attached to an aromatic ring is 1. The second-order valence-electron chi connectivity index (χ2n) is 4.37. The van der Waals surface area contributed by atoms with E-state index in [1.54, 1.807) is 19.2 Å². The summed E-state index contributed by atoms with van der Waals surface area (Å²) >= 11 is 0. The van der Waals surface area contributed by atoms with Crippen LogP contribution < -0.4 is 10.5 Å². The fourth-order valence-electron chi connectivity index (χ4n) is 1.78. The first-order valence-corrected chi connectivity index (χ1v) is 6.35. The molecule has 2 rings (SSSR count). The van der Waals surface area contributed by atoms with E-state index in [2.05, 4.69) is 4.98 Å². The number of ether oxygens (including phenoxy) is 2. The number of methoxy groups -OCH3 is 1. The van der Waals surface area contributed by atoms with Gasteiger partial charge in [0.15, 0.2) is 0 Å². The topological polar surface area (TPSA) is 94.7 Å². The average Bonchev–Trinajstić information content (AvgIpc) is 2.48. The molecule has 0 radical (unpaired) electrons. The van der Waals surface area contributed by atoms with Crippen molar-refractivity contribution in [2.24, 2.45) is 0 Å². The van der Waals surface area contributed by atoms with Gasteiger partial charge in [0.05, 0.1) is 12.2 Å². The second kappa shape index (κ2) is 6.71. The molecule has 0 aliphatic heterocycles. The van der Waals surface area contributed by atoms with E-state index >= 15 is 0 Å². The largest absolute Gasteiger partial charge is 0.478 e. The van der Waals surface area contributed by atoms with Crippen molar-refractivity contribution in [2.45, 2.75) is 6.42 Å². The highest BCUT2D eigenvalue weighted by Gasteiger charge is 2.13. The Morgan fingerprint density at radius 1 is 1.29 bits per heavy atom. The van der Waals surface area contributed by atoms with Crippen LogP contribution in [-0.4, -0.2) is 29.8 Å². The Balaban J connectivity index is 2.15. The van der Waals surface area contributed by atoms with Gasteiger partial charge in [-0.05, 0) is 30.2 Å². The van der Waals surface area contributed by atoms with Crippen LogP contribution in [0.15, 0.2) is 36.5 Å². The molecular weight excluding hydrogens is 272 g/mol.